The minimum absolute atomic E-state index is 0.623. The van der Waals surface area contributed by atoms with Crippen LogP contribution in [0.5, 0.6) is 0 Å². The van der Waals surface area contributed by atoms with Crippen LogP contribution >= 0.6 is 0 Å². The molecule has 2 unspecified atom stereocenters. The Morgan fingerprint density at radius 2 is 2.00 bits per heavy atom. The summed E-state index contributed by atoms with van der Waals surface area (Å²) in [5.41, 5.74) is 0.623. The number of hydrogen-bond donors (Lipinski definition) is 0. The van der Waals surface area contributed by atoms with Crippen molar-refractivity contribution in [2.24, 2.45) is 17.3 Å². The molecule has 2 aliphatic rings. The van der Waals surface area contributed by atoms with Crippen molar-refractivity contribution in [3.63, 3.8) is 0 Å². The van der Waals surface area contributed by atoms with Gasteiger partial charge in [0.15, 0.2) is 0 Å². The van der Waals surface area contributed by atoms with Crippen molar-refractivity contribution in [1.82, 2.24) is 0 Å². The van der Waals surface area contributed by atoms with Gasteiger partial charge in [0.1, 0.15) is 0 Å². The first-order chi connectivity index (χ1) is 4.77. The van der Waals surface area contributed by atoms with E-state index in [2.05, 4.69) is 13.8 Å². The van der Waals surface area contributed by atoms with Gasteiger partial charge in [0.2, 0.25) is 0 Å². The first-order valence-electron chi connectivity index (χ1n) is 4.35. The van der Waals surface area contributed by atoms with Crippen LogP contribution in [0.25, 0.3) is 0 Å². The van der Waals surface area contributed by atoms with Crippen LogP contribution in [0.15, 0.2) is 0 Å². The molecule has 0 aromatic heterocycles. The molecule has 1 heterocycles. The summed E-state index contributed by atoms with van der Waals surface area (Å²) in [7, 11) is 0. The molecule has 1 aliphatic carbocycles. The quantitative estimate of drug-likeness (QED) is 0.500. The molecule has 0 bridgehead atoms. The van der Waals surface area contributed by atoms with Gasteiger partial charge in [-0.3, -0.25) is 0 Å². The van der Waals surface area contributed by atoms with Crippen molar-refractivity contribution in [3.05, 3.63) is 0 Å². The molecule has 2 atom stereocenters. The zero-order chi connectivity index (χ0) is 7.19. The van der Waals surface area contributed by atoms with Crippen LogP contribution in [0.3, 0.4) is 0 Å². The average molecular weight is 140 g/mol. The van der Waals surface area contributed by atoms with Gasteiger partial charge in [-0.15, -0.1) is 0 Å². The zero-order valence-corrected chi connectivity index (χ0v) is 6.89. The molecule has 10 heavy (non-hydrogen) atoms. The van der Waals surface area contributed by atoms with Crippen LogP contribution in [0.2, 0.25) is 0 Å². The summed E-state index contributed by atoms with van der Waals surface area (Å²) < 4.78 is 5.49. The Balaban J connectivity index is 2.03. The molecule has 0 aromatic carbocycles. The van der Waals surface area contributed by atoms with Gasteiger partial charge < -0.3 is 4.74 Å². The predicted molar refractivity (Wildman–Crippen MR) is 40.8 cm³/mol. The first kappa shape index (κ1) is 6.66. The molecular formula is C9H16O. The van der Waals surface area contributed by atoms with Gasteiger partial charge >= 0.3 is 0 Å². The molecule has 0 aromatic rings. The molecule has 0 radical (unpaired) electrons. The fourth-order valence-electron chi connectivity index (χ4n) is 2.50. The molecule has 58 valence electrons. The highest BCUT2D eigenvalue weighted by molar-refractivity contribution is 5.06. The van der Waals surface area contributed by atoms with Gasteiger partial charge in [-0.2, -0.15) is 0 Å². The van der Waals surface area contributed by atoms with Crippen molar-refractivity contribution >= 4 is 0 Å². The second kappa shape index (κ2) is 1.97. The molecule has 1 spiro atoms. The predicted octanol–water partition coefficient (Wildman–Crippen LogP) is 2.07. The van der Waals surface area contributed by atoms with Crippen LogP contribution in [-0.4, -0.2) is 13.2 Å². The maximum Gasteiger partial charge on any atom is 0.0527 e. The van der Waals surface area contributed by atoms with Crippen LogP contribution in [-0.2, 0) is 4.74 Å². The van der Waals surface area contributed by atoms with Gasteiger partial charge in [0, 0.05) is 6.61 Å². The highest BCUT2D eigenvalue weighted by atomic mass is 16.5. The molecule has 1 saturated heterocycles. The van der Waals surface area contributed by atoms with E-state index in [9.17, 15) is 0 Å². The summed E-state index contributed by atoms with van der Waals surface area (Å²) in [5.74, 6) is 1.85. The van der Waals surface area contributed by atoms with E-state index in [-0.39, 0.29) is 0 Å². The van der Waals surface area contributed by atoms with E-state index in [0.717, 1.165) is 25.0 Å². The van der Waals surface area contributed by atoms with Crippen LogP contribution in [0, 0.1) is 17.3 Å². The van der Waals surface area contributed by atoms with Crippen molar-refractivity contribution in [2.75, 3.05) is 13.2 Å². The summed E-state index contributed by atoms with van der Waals surface area (Å²) in [6, 6.07) is 0. The molecule has 0 N–H and O–H groups in total. The smallest absolute Gasteiger partial charge is 0.0527 e. The average Bonchev–Trinajstić information content (AvgIpc) is 2.45. The third-order valence-electron chi connectivity index (χ3n) is 3.76. The Morgan fingerprint density at radius 1 is 1.30 bits per heavy atom. The Morgan fingerprint density at radius 3 is 2.30 bits per heavy atom. The van der Waals surface area contributed by atoms with Crippen LogP contribution < -0.4 is 0 Å². The summed E-state index contributed by atoms with van der Waals surface area (Å²) in [4.78, 5) is 0. The van der Waals surface area contributed by atoms with E-state index in [1.54, 1.807) is 0 Å². The molecule has 1 aliphatic heterocycles. The minimum Gasteiger partial charge on any atom is -0.381 e. The fraction of sp³-hybridized carbons (Fsp3) is 1.00. The summed E-state index contributed by atoms with van der Waals surface area (Å²) in [6.45, 7) is 6.76. The Kier molecular flexibility index (Phi) is 1.31. The summed E-state index contributed by atoms with van der Waals surface area (Å²) in [6.07, 6.45) is 2.70. The Bertz CT molecular complexity index is 126. The van der Waals surface area contributed by atoms with Gasteiger partial charge in [0.25, 0.3) is 0 Å². The normalized spacial score (nSPS) is 53.4. The molecule has 1 saturated carbocycles. The number of ether oxygens (including phenoxy) is 1. The lowest BCUT2D eigenvalue weighted by molar-refractivity contribution is 0.0324. The molecule has 1 heteroatoms. The third kappa shape index (κ3) is 0.672. The van der Waals surface area contributed by atoms with E-state index in [0.29, 0.717) is 5.41 Å². The molecular weight excluding hydrogens is 124 g/mol. The number of rotatable bonds is 0. The second-order valence-corrected chi connectivity index (χ2v) is 3.97. The SMILES string of the molecule is CC1C(C)C12CCCOC2. The molecule has 2 rings (SSSR count). The van der Waals surface area contributed by atoms with Crippen molar-refractivity contribution < 1.29 is 4.74 Å². The lowest BCUT2D eigenvalue weighted by Crippen LogP contribution is -2.21. The van der Waals surface area contributed by atoms with E-state index in [1.165, 1.54) is 12.8 Å². The lowest BCUT2D eigenvalue weighted by Gasteiger charge is -2.22. The van der Waals surface area contributed by atoms with Crippen LogP contribution in [0.1, 0.15) is 26.7 Å². The van der Waals surface area contributed by atoms with Gasteiger partial charge in [-0.25, -0.2) is 0 Å². The van der Waals surface area contributed by atoms with Gasteiger partial charge in [-0.1, -0.05) is 13.8 Å². The Labute approximate surface area is 62.8 Å². The monoisotopic (exact) mass is 140 g/mol. The van der Waals surface area contributed by atoms with Crippen molar-refractivity contribution in [1.29, 1.82) is 0 Å². The summed E-state index contributed by atoms with van der Waals surface area (Å²) >= 11 is 0. The van der Waals surface area contributed by atoms with Crippen molar-refractivity contribution in [2.45, 2.75) is 26.7 Å². The highest BCUT2D eigenvalue weighted by Gasteiger charge is 2.59. The first-order valence-corrected chi connectivity index (χ1v) is 4.35. The minimum atomic E-state index is 0.623. The van der Waals surface area contributed by atoms with E-state index >= 15 is 0 Å². The van der Waals surface area contributed by atoms with E-state index in [1.807, 2.05) is 0 Å². The third-order valence-corrected chi connectivity index (χ3v) is 3.76. The standard InChI is InChI=1S/C9H16O/c1-7-8(2)9(7)4-3-5-10-6-9/h7-8H,3-6H2,1-2H3. The Hall–Kier alpha value is -0.0400. The molecule has 2 fully saturated rings. The van der Waals surface area contributed by atoms with Crippen LogP contribution in [0.4, 0.5) is 0 Å². The lowest BCUT2D eigenvalue weighted by atomic mass is 9.95. The second-order valence-electron chi connectivity index (χ2n) is 3.97. The van der Waals surface area contributed by atoms with Gasteiger partial charge in [-0.05, 0) is 30.1 Å². The topological polar surface area (TPSA) is 9.23 Å². The molecule has 1 nitrogen and oxygen atoms in total. The maximum absolute atomic E-state index is 5.49. The molecule has 0 amide bonds. The largest absolute Gasteiger partial charge is 0.381 e. The van der Waals surface area contributed by atoms with E-state index in [4.69, 9.17) is 4.74 Å². The highest BCUT2D eigenvalue weighted by Crippen LogP contribution is 2.62. The van der Waals surface area contributed by atoms with Gasteiger partial charge in [0.05, 0.1) is 6.61 Å². The zero-order valence-electron chi connectivity index (χ0n) is 6.89. The number of hydrogen-bond acceptors (Lipinski definition) is 1. The maximum atomic E-state index is 5.49. The summed E-state index contributed by atoms with van der Waals surface area (Å²) in [5, 5.41) is 0. The van der Waals surface area contributed by atoms with E-state index < -0.39 is 0 Å². The fourth-order valence-corrected chi connectivity index (χ4v) is 2.50. The van der Waals surface area contributed by atoms with Crippen molar-refractivity contribution in [3.8, 4) is 0 Å².